The van der Waals surface area contributed by atoms with E-state index in [0.717, 1.165) is 56.7 Å². The summed E-state index contributed by atoms with van der Waals surface area (Å²) in [4.78, 5) is 26.2. The van der Waals surface area contributed by atoms with Gasteiger partial charge >= 0.3 is 0 Å². The normalized spacial score (nSPS) is 16.6. The Bertz CT molecular complexity index is 1500. The molecular weight excluding hydrogens is 597 g/mol. The molecule has 1 aliphatic rings. The van der Waals surface area contributed by atoms with E-state index in [-0.39, 0.29) is 18.2 Å². The van der Waals surface area contributed by atoms with Crippen molar-refractivity contribution in [1.82, 2.24) is 15.0 Å². The van der Waals surface area contributed by atoms with Gasteiger partial charge < -0.3 is 34.8 Å². The zero-order valence-corrected chi connectivity index (χ0v) is 23.8. The van der Waals surface area contributed by atoms with Gasteiger partial charge in [-0.3, -0.25) is 4.79 Å². The fourth-order valence-electron chi connectivity index (χ4n) is 4.92. The number of alkyl halides is 1. The molecule has 38 heavy (non-hydrogen) atoms. The lowest BCUT2D eigenvalue weighted by Crippen LogP contribution is -2.41. The summed E-state index contributed by atoms with van der Waals surface area (Å²) >= 11 is 2.28. The fourth-order valence-corrected chi connectivity index (χ4v) is 5.52. The Hall–Kier alpha value is -3.09. The molecule has 0 radical (unpaired) electrons. The summed E-state index contributed by atoms with van der Waals surface area (Å²) in [6, 6.07) is 11.7. The van der Waals surface area contributed by atoms with Gasteiger partial charge in [-0.1, -0.05) is 28.7 Å². The number of aryl methyl sites for hydroxylation is 1. The van der Waals surface area contributed by atoms with Crippen molar-refractivity contribution in [2.24, 2.45) is 0 Å². The summed E-state index contributed by atoms with van der Waals surface area (Å²) in [7, 11) is 1.64. The molecule has 2 aromatic heterocycles. The standard InChI is InChI=1S/C28H32IN5O4/c1-16-10-20(34-8-9-38-17(2)15-34)12-22-26(16)33-27(32-22)25-21(6-7-30-28(25)36)31-14-23(35)18-4-5-24(37-3)19(11-18)13-29/h4-7,10-12,17,23,35H,8-9,13-15H2,1-3H3,(H,32,33)(H2,30,31,36)/t17?,23-/m1/s1. The second-order valence-corrected chi connectivity index (χ2v) is 10.3. The van der Waals surface area contributed by atoms with E-state index in [1.807, 2.05) is 25.1 Å². The number of ether oxygens (including phenoxy) is 2. The molecule has 3 heterocycles. The van der Waals surface area contributed by atoms with Crippen LogP contribution in [0.25, 0.3) is 22.4 Å². The topological polar surface area (TPSA) is 116 Å². The summed E-state index contributed by atoms with van der Waals surface area (Å²) in [6.07, 6.45) is 0.995. The van der Waals surface area contributed by atoms with E-state index in [4.69, 9.17) is 14.5 Å². The Morgan fingerprint density at radius 1 is 1.32 bits per heavy atom. The van der Waals surface area contributed by atoms with Gasteiger partial charge in [-0.25, -0.2) is 4.98 Å². The van der Waals surface area contributed by atoms with Gasteiger partial charge in [-0.2, -0.15) is 0 Å². The number of nitrogens with zero attached hydrogens (tertiary/aromatic N) is 2. The molecule has 1 fully saturated rings. The highest BCUT2D eigenvalue weighted by Crippen LogP contribution is 2.31. The Morgan fingerprint density at radius 2 is 2.16 bits per heavy atom. The van der Waals surface area contributed by atoms with Crippen LogP contribution in [-0.4, -0.2) is 59.5 Å². The molecule has 4 N–H and O–H groups in total. The third-order valence-electron chi connectivity index (χ3n) is 6.88. The van der Waals surface area contributed by atoms with Crippen molar-refractivity contribution in [3.63, 3.8) is 0 Å². The van der Waals surface area contributed by atoms with Crippen molar-refractivity contribution >= 4 is 45.0 Å². The average Bonchev–Trinajstić information content (AvgIpc) is 3.35. The largest absolute Gasteiger partial charge is 0.496 e. The summed E-state index contributed by atoms with van der Waals surface area (Å²) in [5.74, 6) is 1.28. The van der Waals surface area contributed by atoms with Crippen LogP contribution in [0.5, 0.6) is 5.75 Å². The summed E-state index contributed by atoms with van der Waals surface area (Å²) in [5.41, 5.74) is 6.35. The predicted molar refractivity (Wildman–Crippen MR) is 159 cm³/mol. The molecule has 0 amide bonds. The number of methoxy groups -OCH3 is 1. The highest BCUT2D eigenvalue weighted by molar-refractivity contribution is 14.1. The highest BCUT2D eigenvalue weighted by Gasteiger charge is 2.21. The number of fused-ring (bicyclic) bond motifs is 1. The highest BCUT2D eigenvalue weighted by atomic mass is 127. The molecule has 2 aromatic carbocycles. The maximum atomic E-state index is 13.0. The fraction of sp³-hybridized carbons (Fsp3) is 0.357. The Morgan fingerprint density at radius 3 is 2.92 bits per heavy atom. The minimum atomic E-state index is -0.772. The van der Waals surface area contributed by atoms with E-state index >= 15 is 0 Å². The monoisotopic (exact) mass is 629 g/mol. The quantitative estimate of drug-likeness (QED) is 0.167. The third-order valence-corrected chi connectivity index (χ3v) is 7.71. The second kappa shape index (κ2) is 11.3. The van der Waals surface area contributed by atoms with Crippen molar-refractivity contribution in [2.45, 2.75) is 30.5 Å². The number of nitrogens with one attached hydrogen (secondary N) is 3. The lowest BCUT2D eigenvalue weighted by atomic mass is 10.1. The molecule has 0 aliphatic carbocycles. The number of imidazole rings is 1. The molecule has 1 unspecified atom stereocenters. The van der Waals surface area contributed by atoms with E-state index in [2.05, 4.69) is 61.8 Å². The van der Waals surface area contributed by atoms with Crippen LogP contribution in [-0.2, 0) is 9.16 Å². The first-order chi connectivity index (χ1) is 18.4. The minimum absolute atomic E-state index is 0.176. The van der Waals surface area contributed by atoms with Crippen molar-refractivity contribution < 1.29 is 14.6 Å². The number of anilines is 2. The second-order valence-electron chi connectivity index (χ2n) is 9.57. The predicted octanol–water partition coefficient (Wildman–Crippen LogP) is 4.54. The van der Waals surface area contributed by atoms with Crippen molar-refractivity contribution in [1.29, 1.82) is 0 Å². The van der Waals surface area contributed by atoms with E-state index in [0.29, 0.717) is 23.7 Å². The SMILES string of the molecule is COc1ccc([C@H](O)CNc2cc[nH]c(=O)c2-c2nc3c(C)cc(N4CCOC(C)C4)cc3[nH]2)cc1CI. The number of aromatic nitrogens is 3. The van der Waals surface area contributed by atoms with Gasteiger partial charge in [-0.15, -0.1) is 0 Å². The number of benzene rings is 2. The molecule has 200 valence electrons. The summed E-state index contributed by atoms with van der Waals surface area (Å²) in [6.45, 7) is 6.69. The van der Waals surface area contributed by atoms with Crippen LogP contribution in [0.2, 0.25) is 0 Å². The maximum Gasteiger partial charge on any atom is 0.261 e. The third kappa shape index (κ3) is 5.38. The minimum Gasteiger partial charge on any atom is -0.496 e. The summed E-state index contributed by atoms with van der Waals surface area (Å²) in [5, 5.41) is 14.1. The van der Waals surface area contributed by atoms with Crippen molar-refractivity contribution in [3.05, 3.63) is 69.6 Å². The molecular formula is C28H32IN5O4. The number of H-pyrrole nitrogens is 2. The lowest BCUT2D eigenvalue weighted by Gasteiger charge is -2.33. The van der Waals surface area contributed by atoms with Crippen molar-refractivity contribution in [3.8, 4) is 17.1 Å². The first-order valence-corrected chi connectivity index (χ1v) is 14.1. The molecule has 4 aromatic rings. The number of pyridine rings is 1. The van der Waals surface area contributed by atoms with Crippen LogP contribution >= 0.6 is 22.6 Å². The van der Waals surface area contributed by atoms with E-state index in [1.54, 1.807) is 19.4 Å². The molecule has 0 saturated carbocycles. The zero-order chi connectivity index (χ0) is 26.8. The van der Waals surface area contributed by atoms with Gasteiger partial charge in [0.15, 0.2) is 0 Å². The van der Waals surface area contributed by atoms with Gasteiger partial charge in [0.05, 0.1) is 42.6 Å². The average molecular weight is 629 g/mol. The van der Waals surface area contributed by atoms with Crippen LogP contribution in [0.15, 0.2) is 47.4 Å². The molecule has 1 saturated heterocycles. The maximum absolute atomic E-state index is 13.0. The van der Waals surface area contributed by atoms with Gasteiger partial charge in [0.1, 0.15) is 17.1 Å². The van der Waals surface area contributed by atoms with E-state index in [9.17, 15) is 9.90 Å². The zero-order valence-electron chi connectivity index (χ0n) is 21.7. The van der Waals surface area contributed by atoms with Crippen LogP contribution in [0, 0.1) is 6.92 Å². The number of aliphatic hydroxyl groups excluding tert-OH is 1. The number of aromatic amines is 2. The number of aliphatic hydroxyl groups is 1. The Balaban J connectivity index is 1.42. The Kier molecular flexibility index (Phi) is 7.91. The number of hydrogen-bond donors (Lipinski definition) is 4. The number of rotatable bonds is 8. The van der Waals surface area contributed by atoms with Crippen LogP contribution in [0.4, 0.5) is 11.4 Å². The first kappa shape index (κ1) is 26.5. The molecule has 0 spiro atoms. The van der Waals surface area contributed by atoms with Gasteiger partial charge in [0.2, 0.25) is 0 Å². The van der Waals surface area contributed by atoms with Crippen LogP contribution < -0.4 is 20.5 Å². The number of halogens is 1. The van der Waals surface area contributed by atoms with E-state index in [1.165, 1.54) is 0 Å². The van der Waals surface area contributed by atoms with Crippen LogP contribution in [0.1, 0.15) is 29.7 Å². The molecule has 10 heteroatoms. The molecule has 9 nitrogen and oxygen atoms in total. The lowest BCUT2D eigenvalue weighted by molar-refractivity contribution is 0.0532. The van der Waals surface area contributed by atoms with Gasteiger partial charge in [0.25, 0.3) is 5.56 Å². The molecule has 2 atom stereocenters. The van der Waals surface area contributed by atoms with Crippen LogP contribution in [0.3, 0.4) is 0 Å². The summed E-state index contributed by atoms with van der Waals surface area (Å²) < 4.78 is 11.9. The van der Waals surface area contributed by atoms with Crippen molar-refractivity contribution in [2.75, 3.05) is 43.6 Å². The molecule has 5 rings (SSSR count). The first-order valence-electron chi connectivity index (χ1n) is 12.6. The molecule has 0 bridgehead atoms. The van der Waals surface area contributed by atoms with E-state index < -0.39 is 6.10 Å². The number of morpholine rings is 1. The molecule has 1 aliphatic heterocycles. The smallest absolute Gasteiger partial charge is 0.261 e. The number of hydrogen-bond acceptors (Lipinski definition) is 7. The van der Waals surface area contributed by atoms with Gasteiger partial charge in [-0.05, 0) is 55.3 Å². The Labute approximate surface area is 234 Å². The van der Waals surface area contributed by atoms with Gasteiger partial charge in [0, 0.05) is 41.5 Å².